The van der Waals surface area contributed by atoms with Gasteiger partial charge in [-0.1, -0.05) is 146 Å². The lowest BCUT2D eigenvalue weighted by molar-refractivity contribution is -0.122. The van der Waals surface area contributed by atoms with E-state index < -0.39 is 66.2 Å². The smallest absolute Gasteiger partial charge is 0.375 e. The Morgan fingerprint density at radius 2 is 0.761 bits per heavy atom. The number of nitrogens with two attached hydrogens (primary N) is 1. The average molecular weight is 1200 g/mol. The van der Waals surface area contributed by atoms with Crippen LogP contribution in [0.15, 0.2) is 164 Å². The Balaban J connectivity index is 0.000000146. The Bertz CT molecular complexity index is 3720. The zero-order valence-electron chi connectivity index (χ0n) is 47.9. The first-order valence-electron chi connectivity index (χ1n) is 27.9. The van der Waals surface area contributed by atoms with E-state index >= 15 is 0 Å². The molecule has 0 bridgehead atoms. The van der Waals surface area contributed by atoms with Crippen LogP contribution in [0.25, 0.3) is 0 Å². The van der Waals surface area contributed by atoms with Crippen molar-refractivity contribution in [2.75, 3.05) is 35.8 Å². The van der Waals surface area contributed by atoms with Gasteiger partial charge >= 0.3 is 5.97 Å². The molecule has 12 rings (SSSR count). The minimum atomic E-state index is -1.56. The molecule has 3 aliphatic heterocycles. The first kappa shape index (κ1) is 61.9. The summed E-state index contributed by atoms with van der Waals surface area (Å²) in [4.78, 5) is 89.2. The summed E-state index contributed by atoms with van der Waals surface area (Å²) in [5, 5.41) is 33.0. The number of hydrogen-bond donors (Lipinski definition) is 7. The van der Waals surface area contributed by atoms with Crippen molar-refractivity contribution in [1.29, 1.82) is 0 Å². The van der Waals surface area contributed by atoms with Crippen molar-refractivity contribution >= 4 is 52.6 Å². The fourth-order valence-electron chi connectivity index (χ4n) is 9.99. The van der Waals surface area contributed by atoms with Crippen molar-refractivity contribution < 1.29 is 47.0 Å². The lowest BCUT2D eigenvalue weighted by atomic mass is 10.0. The lowest BCUT2D eigenvalue weighted by Gasteiger charge is -2.22. The van der Waals surface area contributed by atoms with Crippen molar-refractivity contribution in [1.82, 2.24) is 56.2 Å². The van der Waals surface area contributed by atoms with Crippen LogP contribution < -0.4 is 31.1 Å². The third-order valence-electron chi connectivity index (χ3n) is 14.6. The number of halogens is 3. The van der Waals surface area contributed by atoms with E-state index in [0.717, 1.165) is 39.1 Å². The van der Waals surface area contributed by atoms with Crippen LogP contribution >= 0.6 is 0 Å². The van der Waals surface area contributed by atoms with E-state index in [2.05, 4.69) is 56.2 Å². The van der Waals surface area contributed by atoms with Crippen LogP contribution in [-0.2, 0) is 52.9 Å². The van der Waals surface area contributed by atoms with E-state index in [1.54, 1.807) is 75.7 Å². The van der Waals surface area contributed by atoms with Gasteiger partial charge in [0.25, 0.3) is 29.5 Å². The number of nitrogens with one attached hydrogen (secondary N) is 5. The summed E-state index contributed by atoms with van der Waals surface area (Å²) in [5.41, 5.74) is 12.9. The SMILES string of the molecule is CN1C(=O)C(N)C(F)Cc2ccccc21.CN1C(=O)[C@@H](NC(=O)c2n[nH]c(Cc3ccccc3)n2)[C@@H](F)Cc2ccccc21.CN1C(=O)[C@@H](NC(=O)c2n[nH]c(Cc3ccccc3)n2)[C@H](F)Cc2ccccc21.O=C(O)c1n[nH]c(Cc2ccccc2)n1. The molecular weight excluding hydrogens is 1140 g/mol. The highest BCUT2D eigenvalue weighted by atomic mass is 19.1. The van der Waals surface area contributed by atoms with E-state index in [0.29, 0.717) is 48.1 Å². The molecule has 6 aromatic carbocycles. The third-order valence-corrected chi connectivity index (χ3v) is 14.6. The molecule has 0 saturated carbocycles. The summed E-state index contributed by atoms with van der Waals surface area (Å²) >= 11 is 0. The van der Waals surface area contributed by atoms with Gasteiger partial charge in [-0.05, 0) is 51.6 Å². The molecule has 9 aromatic rings. The van der Waals surface area contributed by atoms with Gasteiger partial charge in [-0.15, -0.1) is 15.3 Å². The number of H-pyrrole nitrogens is 3. The van der Waals surface area contributed by atoms with Gasteiger partial charge in [0.15, 0.2) is 0 Å². The van der Waals surface area contributed by atoms with E-state index in [9.17, 15) is 41.9 Å². The van der Waals surface area contributed by atoms with E-state index in [-0.39, 0.29) is 42.6 Å². The zero-order chi connectivity index (χ0) is 62.4. The second-order valence-electron chi connectivity index (χ2n) is 20.8. The summed E-state index contributed by atoms with van der Waals surface area (Å²) in [6.45, 7) is 0. The van der Waals surface area contributed by atoms with Gasteiger partial charge < -0.3 is 36.2 Å². The maximum atomic E-state index is 14.9. The number of likely N-dealkylation sites (N-methyl/N-ethyl adjacent to an activating group) is 3. The second kappa shape index (κ2) is 28.5. The van der Waals surface area contributed by atoms with E-state index in [1.807, 2.05) is 109 Å². The molecule has 0 radical (unpaired) electrons. The highest BCUT2D eigenvalue weighted by molar-refractivity contribution is 6.03. The van der Waals surface area contributed by atoms with Crippen molar-refractivity contribution in [3.63, 3.8) is 0 Å². The molecule has 0 fully saturated rings. The first-order chi connectivity index (χ1) is 42.4. The number of nitrogens with zero attached hydrogens (tertiary/aromatic N) is 9. The number of amides is 5. The Morgan fingerprint density at radius 1 is 0.466 bits per heavy atom. The minimum absolute atomic E-state index is 0.0322. The molecule has 452 valence electrons. The monoisotopic (exact) mass is 1200 g/mol. The van der Waals surface area contributed by atoms with Crippen LogP contribution in [0.4, 0.5) is 30.2 Å². The van der Waals surface area contributed by atoms with Gasteiger partial charge in [0, 0.05) is 76.7 Å². The molecule has 88 heavy (non-hydrogen) atoms. The second-order valence-corrected chi connectivity index (χ2v) is 20.8. The van der Waals surface area contributed by atoms with Crippen molar-refractivity contribution in [2.45, 2.75) is 75.2 Å². The third kappa shape index (κ3) is 15.2. The van der Waals surface area contributed by atoms with Crippen LogP contribution in [0.5, 0.6) is 0 Å². The van der Waals surface area contributed by atoms with E-state index in [4.69, 9.17) is 10.8 Å². The molecule has 22 nitrogen and oxygen atoms in total. The Morgan fingerprint density at radius 3 is 1.10 bits per heavy atom. The van der Waals surface area contributed by atoms with Crippen LogP contribution in [0.3, 0.4) is 0 Å². The van der Waals surface area contributed by atoms with Gasteiger partial charge in [0.1, 0.15) is 54.1 Å². The molecule has 3 aliphatic rings. The molecule has 0 saturated heterocycles. The molecule has 25 heteroatoms. The number of anilines is 3. The number of fused-ring (bicyclic) bond motifs is 3. The number of para-hydroxylation sites is 3. The molecule has 5 amide bonds. The van der Waals surface area contributed by atoms with Gasteiger partial charge in [0.2, 0.25) is 17.6 Å². The molecule has 0 spiro atoms. The fraction of sp³-hybridized carbons (Fsp3) is 0.238. The number of aromatic carboxylic acids is 1. The van der Waals surface area contributed by atoms with Crippen LogP contribution in [-0.4, -0.2) is 144 Å². The summed E-state index contributed by atoms with van der Waals surface area (Å²) < 4.78 is 43.3. The number of alkyl halides is 3. The highest BCUT2D eigenvalue weighted by Crippen LogP contribution is 2.30. The Kier molecular flexibility index (Phi) is 20.0. The molecule has 6 atom stereocenters. The highest BCUT2D eigenvalue weighted by Gasteiger charge is 2.39. The van der Waals surface area contributed by atoms with Crippen LogP contribution in [0.2, 0.25) is 0 Å². The van der Waals surface area contributed by atoms with Crippen molar-refractivity contribution in [2.24, 2.45) is 5.73 Å². The molecule has 2 unspecified atom stereocenters. The lowest BCUT2D eigenvalue weighted by Crippen LogP contribution is -2.52. The van der Waals surface area contributed by atoms with Gasteiger partial charge in [-0.3, -0.25) is 39.3 Å². The maximum absolute atomic E-state index is 14.9. The fourth-order valence-corrected chi connectivity index (χ4v) is 9.99. The summed E-state index contributed by atoms with van der Waals surface area (Å²) in [5.74, 6) is -2.78. The van der Waals surface area contributed by atoms with Gasteiger partial charge in [0.05, 0.1) is 0 Å². The number of carbonyl (C=O) groups is 6. The quantitative estimate of drug-likeness (QED) is 0.0774. The number of hydrogen-bond acceptors (Lipinski definition) is 13. The molecule has 6 heterocycles. The average Bonchev–Trinajstić information content (AvgIpc) is 3.26. The number of carbonyl (C=O) groups excluding carboxylic acids is 5. The van der Waals surface area contributed by atoms with Crippen molar-refractivity contribution in [3.8, 4) is 0 Å². The summed E-state index contributed by atoms with van der Waals surface area (Å²) in [7, 11) is 4.77. The zero-order valence-corrected chi connectivity index (χ0v) is 47.9. The van der Waals surface area contributed by atoms with Crippen LogP contribution in [0, 0.1) is 0 Å². The summed E-state index contributed by atoms with van der Waals surface area (Å²) in [6, 6.07) is 46.7. The van der Waals surface area contributed by atoms with Crippen LogP contribution in [0.1, 0.15) is 82.7 Å². The first-order valence-corrected chi connectivity index (χ1v) is 27.9. The number of carboxylic acids is 1. The van der Waals surface area contributed by atoms with E-state index in [1.165, 1.54) is 14.7 Å². The Hall–Kier alpha value is -10.7. The molecule has 8 N–H and O–H groups in total. The number of rotatable bonds is 11. The van der Waals surface area contributed by atoms with Gasteiger partial charge in [-0.25, -0.2) is 32.9 Å². The summed E-state index contributed by atoms with van der Waals surface area (Å²) in [6.07, 6.45) is -2.63. The standard InChI is InChI=1S/2C21H20FN5O2.C11H13FN2O.C10H9N3O2/c2*1-27-16-10-6-5-9-14(16)12-15(22)18(21(27)29)24-20(28)19-23-17(25-26-19)11-13-7-3-2-4-8-13;1-14-9-5-3-2-4-7(9)6-8(12)10(13)11(14)15;14-10(15)9-11-8(12-13-9)6-7-4-2-1-3-5-7/h2*2-10,15,18H,11-12H2,1H3,(H,24,28)(H,23,25,26);2-5,8,10H,6,13H2,1H3;1-5H,6H2,(H,14,15)(H,11,12,13)/t15-,18+;15-,18-;;/m10../s1. The van der Waals surface area contributed by atoms with Crippen molar-refractivity contribution in [3.05, 3.63) is 232 Å². The Labute approximate surface area is 502 Å². The predicted molar refractivity (Wildman–Crippen MR) is 320 cm³/mol. The molecular formula is C63H62F3N15O7. The van der Waals surface area contributed by atoms with Gasteiger partial charge in [-0.2, -0.15) is 0 Å². The largest absolute Gasteiger partial charge is 0.475 e. The molecule has 0 aliphatic carbocycles. The number of aromatic amines is 3. The number of aromatic nitrogens is 9. The molecule has 3 aromatic heterocycles. The topological polar surface area (TPSA) is 307 Å². The number of carboxylic acid groups (broad SMARTS) is 1. The maximum Gasteiger partial charge on any atom is 0.375 e. The minimum Gasteiger partial charge on any atom is -0.475 e. The normalized spacial score (nSPS) is 18.6. The predicted octanol–water partition coefficient (Wildman–Crippen LogP) is 6.07. The number of benzene rings is 6.